The number of rotatable bonds is 1. The van der Waals surface area contributed by atoms with E-state index in [4.69, 9.17) is 4.74 Å². The second kappa shape index (κ2) is 5.36. The SMILES string of the molecule is CC(C)N1C(=O)c2ccccc2C2=C(COC2)c2ccccc21. The van der Waals surface area contributed by atoms with E-state index >= 15 is 0 Å². The van der Waals surface area contributed by atoms with Gasteiger partial charge in [-0.1, -0.05) is 36.4 Å². The van der Waals surface area contributed by atoms with Gasteiger partial charge in [-0.05, 0) is 42.7 Å². The van der Waals surface area contributed by atoms with Gasteiger partial charge >= 0.3 is 0 Å². The zero-order chi connectivity index (χ0) is 16.0. The normalized spacial score (nSPS) is 16.8. The molecule has 0 bridgehead atoms. The molecule has 0 aliphatic carbocycles. The molecule has 2 heterocycles. The van der Waals surface area contributed by atoms with Crippen molar-refractivity contribution in [2.24, 2.45) is 0 Å². The minimum Gasteiger partial charge on any atom is -0.372 e. The molecule has 1 amide bonds. The second-order valence-electron chi connectivity index (χ2n) is 6.28. The van der Waals surface area contributed by atoms with Gasteiger partial charge in [-0.2, -0.15) is 0 Å². The van der Waals surface area contributed by atoms with Crippen molar-refractivity contribution in [3.8, 4) is 0 Å². The lowest BCUT2D eigenvalue weighted by atomic mass is 9.89. The number of hydrogen-bond acceptors (Lipinski definition) is 2. The van der Waals surface area contributed by atoms with Crippen LogP contribution < -0.4 is 4.90 Å². The number of amides is 1. The molecule has 2 aliphatic rings. The van der Waals surface area contributed by atoms with Crippen molar-refractivity contribution in [1.29, 1.82) is 0 Å². The monoisotopic (exact) mass is 305 g/mol. The third-order valence-electron chi connectivity index (χ3n) is 4.56. The van der Waals surface area contributed by atoms with Gasteiger partial charge in [0.05, 0.1) is 18.9 Å². The Kier molecular flexibility index (Phi) is 3.31. The van der Waals surface area contributed by atoms with E-state index in [2.05, 4.69) is 19.9 Å². The summed E-state index contributed by atoms with van der Waals surface area (Å²) >= 11 is 0. The fourth-order valence-electron chi connectivity index (χ4n) is 3.53. The molecular weight excluding hydrogens is 286 g/mol. The van der Waals surface area contributed by atoms with Crippen molar-refractivity contribution in [2.45, 2.75) is 19.9 Å². The molecule has 0 saturated carbocycles. The second-order valence-corrected chi connectivity index (χ2v) is 6.28. The van der Waals surface area contributed by atoms with E-state index in [1.165, 1.54) is 5.57 Å². The highest BCUT2D eigenvalue weighted by molar-refractivity contribution is 6.14. The van der Waals surface area contributed by atoms with Crippen LogP contribution in [0.25, 0.3) is 11.1 Å². The Bertz CT molecular complexity index is 820. The fourth-order valence-corrected chi connectivity index (χ4v) is 3.53. The Hall–Kier alpha value is -2.39. The predicted octanol–water partition coefficient (Wildman–Crippen LogP) is 4.00. The fraction of sp³-hybridized carbons (Fsp3) is 0.250. The van der Waals surface area contributed by atoms with Gasteiger partial charge in [-0.15, -0.1) is 0 Å². The summed E-state index contributed by atoms with van der Waals surface area (Å²) in [5, 5.41) is 0. The number of para-hydroxylation sites is 1. The Labute approximate surface area is 136 Å². The van der Waals surface area contributed by atoms with Crippen molar-refractivity contribution in [3.63, 3.8) is 0 Å². The maximum absolute atomic E-state index is 13.2. The number of nitrogens with zero attached hydrogens (tertiary/aromatic N) is 1. The summed E-state index contributed by atoms with van der Waals surface area (Å²) in [7, 11) is 0. The van der Waals surface area contributed by atoms with E-state index in [1.807, 2.05) is 47.4 Å². The summed E-state index contributed by atoms with van der Waals surface area (Å²) in [6.45, 7) is 5.27. The minimum absolute atomic E-state index is 0.0569. The average molecular weight is 305 g/mol. The number of ether oxygens (including phenoxy) is 1. The molecule has 0 fully saturated rings. The van der Waals surface area contributed by atoms with Gasteiger partial charge in [0, 0.05) is 17.2 Å². The lowest BCUT2D eigenvalue weighted by Gasteiger charge is -2.32. The molecule has 0 radical (unpaired) electrons. The molecule has 0 spiro atoms. The van der Waals surface area contributed by atoms with Gasteiger partial charge in [0.1, 0.15) is 0 Å². The number of hydrogen-bond donors (Lipinski definition) is 0. The lowest BCUT2D eigenvalue weighted by molar-refractivity contribution is 0.0980. The molecule has 4 rings (SSSR count). The van der Waals surface area contributed by atoms with E-state index < -0.39 is 0 Å². The number of carbonyl (C=O) groups is 1. The van der Waals surface area contributed by atoms with Crippen LogP contribution in [0.2, 0.25) is 0 Å². The quantitative estimate of drug-likeness (QED) is 0.797. The van der Waals surface area contributed by atoms with Crippen LogP contribution in [0.3, 0.4) is 0 Å². The molecule has 0 unspecified atom stereocenters. The zero-order valence-corrected chi connectivity index (χ0v) is 13.4. The molecule has 0 saturated heterocycles. The maximum Gasteiger partial charge on any atom is 0.259 e. The van der Waals surface area contributed by atoms with Crippen molar-refractivity contribution >= 4 is 22.7 Å². The van der Waals surface area contributed by atoms with Gasteiger partial charge < -0.3 is 9.64 Å². The first-order chi connectivity index (χ1) is 11.2. The van der Waals surface area contributed by atoms with Gasteiger partial charge in [-0.3, -0.25) is 4.79 Å². The summed E-state index contributed by atoms with van der Waals surface area (Å²) in [5.74, 6) is 0.0569. The summed E-state index contributed by atoms with van der Waals surface area (Å²) in [6, 6.07) is 16.1. The Balaban J connectivity index is 2.09. The predicted molar refractivity (Wildman–Crippen MR) is 92.5 cm³/mol. The van der Waals surface area contributed by atoms with E-state index in [1.54, 1.807) is 0 Å². The van der Waals surface area contributed by atoms with Gasteiger partial charge in [0.2, 0.25) is 0 Å². The van der Waals surface area contributed by atoms with Crippen LogP contribution in [-0.2, 0) is 4.74 Å². The number of carbonyl (C=O) groups excluding carboxylic acids is 1. The molecule has 3 heteroatoms. The molecule has 0 aromatic heterocycles. The largest absolute Gasteiger partial charge is 0.372 e. The standard InChI is InChI=1S/C20H19NO2/c1-13(2)21-19-10-6-5-8-15(19)18-12-23-11-17(18)14-7-3-4-9-16(14)20(21)22/h3-10,13H,11-12H2,1-2H3. The average Bonchev–Trinajstić information content (AvgIpc) is 3.03. The van der Waals surface area contributed by atoms with Crippen LogP contribution in [0, 0.1) is 0 Å². The first-order valence-electron chi connectivity index (χ1n) is 8.00. The van der Waals surface area contributed by atoms with Gasteiger partial charge in [-0.25, -0.2) is 0 Å². The summed E-state index contributed by atoms with van der Waals surface area (Å²) in [6.07, 6.45) is 0. The molecule has 2 aromatic rings. The van der Waals surface area contributed by atoms with Crippen molar-refractivity contribution in [1.82, 2.24) is 0 Å². The summed E-state index contributed by atoms with van der Waals surface area (Å²) in [4.78, 5) is 15.1. The summed E-state index contributed by atoms with van der Waals surface area (Å²) in [5.41, 5.74) is 6.19. The van der Waals surface area contributed by atoms with Crippen LogP contribution >= 0.6 is 0 Å². The van der Waals surface area contributed by atoms with Crippen LogP contribution in [0.4, 0.5) is 5.69 Å². The molecule has 0 atom stereocenters. The summed E-state index contributed by atoms with van der Waals surface area (Å²) < 4.78 is 5.74. The van der Waals surface area contributed by atoms with Crippen molar-refractivity contribution < 1.29 is 9.53 Å². The molecule has 3 nitrogen and oxygen atoms in total. The number of fused-ring (bicyclic) bond motifs is 4. The van der Waals surface area contributed by atoms with Crippen LogP contribution in [0.15, 0.2) is 48.5 Å². The van der Waals surface area contributed by atoms with E-state index in [0.29, 0.717) is 13.2 Å². The Morgan fingerprint density at radius 2 is 1.43 bits per heavy atom. The highest BCUT2D eigenvalue weighted by atomic mass is 16.5. The molecule has 2 aliphatic heterocycles. The van der Waals surface area contributed by atoms with Crippen molar-refractivity contribution in [3.05, 3.63) is 65.2 Å². The lowest BCUT2D eigenvalue weighted by Crippen LogP contribution is -2.38. The highest BCUT2D eigenvalue weighted by Gasteiger charge is 2.32. The molecule has 116 valence electrons. The van der Waals surface area contributed by atoms with Crippen LogP contribution in [0.5, 0.6) is 0 Å². The first-order valence-corrected chi connectivity index (χ1v) is 8.00. The third-order valence-corrected chi connectivity index (χ3v) is 4.56. The molecule has 2 aromatic carbocycles. The van der Waals surface area contributed by atoms with Gasteiger partial charge in [0.15, 0.2) is 0 Å². The Morgan fingerprint density at radius 1 is 0.870 bits per heavy atom. The van der Waals surface area contributed by atoms with Crippen molar-refractivity contribution in [2.75, 3.05) is 18.1 Å². The molecule has 23 heavy (non-hydrogen) atoms. The maximum atomic E-state index is 13.2. The molecular formula is C20H19NO2. The van der Waals surface area contributed by atoms with Crippen LogP contribution in [0.1, 0.15) is 35.3 Å². The van der Waals surface area contributed by atoms with E-state index in [0.717, 1.165) is 28.0 Å². The van der Waals surface area contributed by atoms with E-state index in [-0.39, 0.29) is 11.9 Å². The number of anilines is 1. The van der Waals surface area contributed by atoms with E-state index in [9.17, 15) is 4.79 Å². The highest BCUT2D eigenvalue weighted by Crippen LogP contribution is 2.40. The first kappa shape index (κ1) is 14.2. The topological polar surface area (TPSA) is 29.5 Å². The van der Waals surface area contributed by atoms with Gasteiger partial charge in [0.25, 0.3) is 5.91 Å². The minimum atomic E-state index is 0.0569. The van der Waals surface area contributed by atoms with Crippen LogP contribution in [-0.4, -0.2) is 25.2 Å². The number of benzene rings is 2. The molecule has 0 N–H and O–H groups in total. The third kappa shape index (κ3) is 2.12. The Morgan fingerprint density at radius 3 is 2.13 bits per heavy atom. The smallest absolute Gasteiger partial charge is 0.259 e. The zero-order valence-electron chi connectivity index (χ0n) is 13.4.